The Morgan fingerprint density at radius 1 is 1.41 bits per heavy atom. The Kier molecular flexibility index (Phi) is 3.63. The molecule has 17 heavy (non-hydrogen) atoms. The molecule has 0 spiro atoms. The molecule has 0 aliphatic rings. The van der Waals surface area contributed by atoms with Crippen LogP contribution in [0, 0.1) is 12.7 Å². The number of aromatic nitrogens is 3. The van der Waals surface area contributed by atoms with Crippen molar-refractivity contribution < 1.29 is 4.39 Å². The lowest BCUT2D eigenvalue weighted by Gasteiger charge is -2.14. The van der Waals surface area contributed by atoms with Crippen LogP contribution in [0.1, 0.15) is 11.1 Å². The van der Waals surface area contributed by atoms with Crippen LogP contribution < -0.4 is 4.90 Å². The molecule has 1 aromatic heterocycles. The van der Waals surface area contributed by atoms with Crippen molar-refractivity contribution in [2.24, 2.45) is 0 Å². The van der Waals surface area contributed by atoms with Crippen LogP contribution in [0.2, 0.25) is 0 Å². The van der Waals surface area contributed by atoms with Crippen LogP contribution in [-0.2, 0) is 6.42 Å². The van der Waals surface area contributed by atoms with E-state index in [0.717, 1.165) is 23.7 Å². The Morgan fingerprint density at radius 2 is 2.24 bits per heavy atom. The fraction of sp³-hybridized carbons (Fsp3) is 0.364. The number of halogens is 1. The van der Waals surface area contributed by atoms with Gasteiger partial charge < -0.3 is 4.90 Å². The van der Waals surface area contributed by atoms with Crippen molar-refractivity contribution in [2.45, 2.75) is 13.3 Å². The van der Waals surface area contributed by atoms with Crippen molar-refractivity contribution in [3.8, 4) is 0 Å². The van der Waals surface area contributed by atoms with Crippen molar-refractivity contribution in [1.82, 2.24) is 14.8 Å². The van der Waals surface area contributed by atoms with E-state index in [-0.39, 0.29) is 5.82 Å². The highest BCUT2D eigenvalue weighted by Gasteiger charge is 2.06. The Hall–Kier alpha value is -1.56. The molecule has 0 fully saturated rings. The van der Waals surface area contributed by atoms with E-state index >= 15 is 0 Å². The molecule has 0 saturated carbocycles. The van der Waals surface area contributed by atoms with E-state index in [1.807, 2.05) is 24.1 Å². The summed E-state index contributed by atoms with van der Waals surface area (Å²) < 4.78 is 16.8. The van der Waals surface area contributed by atoms with Gasteiger partial charge in [-0.25, -0.2) is 4.39 Å². The van der Waals surface area contributed by atoms with Gasteiger partial charge in [0.15, 0.2) is 0 Å². The Bertz CT molecular complexity index is 486. The minimum Gasteiger partial charge on any atom is -0.348 e. The summed E-state index contributed by atoms with van der Waals surface area (Å²) in [6, 6.07) is 5.20. The Balaban J connectivity index is 1.96. The Labute approximate surface area is 103 Å². The van der Waals surface area contributed by atoms with Gasteiger partial charge in [-0.05, 0) is 35.8 Å². The van der Waals surface area contributed by atoms with Gasteiger partial charge in [-0.2, -0.15) is 0 Å². The van der Waals surface area contributed by atoms with E-state index in [2.05, 4.69) is 14.8 Å². The summed E-state index contributed by atoms with van der Waals surface area (Å²) in [5.41, 5.74) is 1.80. The number of likely N-dealkylation sites (N-methyl/N-ethyl adjacent to an activating group) is 1. The molecule has 1 heterocycles. The molecule has 0 atom stereocenters. The fourth-order valence-electron chi connectivity index (χ4n) is 1.53. The quantitative estimate of drug-likeness (QED) is 0.835. The maximum atomic E-state index is 13.1. The molecule has 90 valence electrons. The van der Waals surface area contributed by atoms with Crippen LogP contribution in [0.15, 0.2) is 18.2 Å². The van der Waals surface area contributed by atoms with Crippen LogP contribution in [0.4, 0.5) is 9.52 Å². The van der Waals surface area contributed by atoms with E-state index in [0.29, 0.717) is 5.56 Å². The third-order valence-electron chi connectivity index (χ3n) is 2.57. The molecule has 0 amide bonds. The first kappa shape index (κ1) is 11.9. The molecule has 0 saturated heterocycles. The second-order valence-corrected chi connectivity index (χ2v) is 4.61. The highest BCUT2D eigenvalue weighted by atomic mass is 32.1. The van der Waals surface area contributed by atoms with E-state index in [1.165, 1.54) is 17.6 Å². The number of rotatable bonds is 4. The number of hydrogen-bond donors (Lipinski definition) is 0. The molecular weight excluding hydrogens is 239 g/mol. The first-order valence-corrected chi connectivity index (χ1v) is 6.05. The molecule has 2 rings (SSSR count). The first-order chi connectivity index (χ1) is 8.16. The smallest absolute Gasteiger partial charge is 0.227 e. The second-order valence-electron chi connectivity index (χ2n) is 3.90. The van der Waals surface area contributed by atoms with E-state index < -0.39 is 0 Å². The SMILES string of the molecule is Cc1cc(CCN(C)c2nnns2)ccc1F. The summed E-state index contributed by atoms with van der Waals surface area (Å²) in [5.74, 6) is -0.157. The summed E-state index contributed by atoms with van der Waals surface area (Å²) >= 11 is 1.27. The average molecular weight is 252 g/mol. The maximum Gasteiger partial charge on any atom is 0.227 e. The largest absolute Gasteiger partial charge is 0.348 e. The van der Waals surface area contributed by atoms with Gasteiger partial charge in [0.25, 0.3) is 0 Å². The number of anilines is 1. The molecule has 6 heteroatoms. The minimum atomic E-state index is -0.157. The standard InChI is InChI=1S/C11H13FN4S/c1-8-7-9(3-4-10(8)12)5-6-16(2)11-13-14-15-17-11/h3-4,7H,5-6H2,1-2H3. The highest BCUT2D eigenvalue weighted by Crippen LogP contribution is 2.13. The lowest BCUT2D eigenvalue weighted by atomic mass is 10.1. The summed E-state index contributed by atoms with van der Waals surface area (Å²) in [4.78, 5) is 1.99. The van der Waals surface area contributed by atoms with Crippen LogP contribution >= 0.6 is 11.5 Å². The monoisotopic (exact) mass is 252 g/mol. The van der Waals surface area contributed by atoms with Gasteiger partial charge in [0, 0.05) is 25.1 Å². The third-order valence-corrected chi connectivity index (χ3v) is 3.29. The van der Waals surface area contributed by atoms with Crippen molar-refractivity contribution >= 4 is 16.7 Å². The molecule has 0 N–H and O–H groups in total. The van der Waals surface area contributed by atoms with Crippen molar-refractivity contribution in [1.29, 1.82) is 0 Å². The molecule has 4 nitrogen and oxygen atoms in total. The summed E-state index contributed by atoms with van der Waals surface area (Å²) in [6.45, 7) is 2.58. The molecule has 0 aliphatic heterocycles. The Morgan fingerprint density at radius 3 is 2.88 bits per heavy atom. The van der Waals surface area contributed by atoms with Crippen LogP contribution in [0.5, 0.6) is 0 Å². The maximum absolute atomic E-state index is 13.1. The van der Waals surface area contributed by atoms with Gasteiger partial charge in [-0.15, -0.1) is 0 Å². The number of hydrogen-bond acceptors (Lipinski definition) is 5. The van der Waals surface area contributed by atoms with Gasteiger partial charge in [-0.1, -0.05) is 21.7 Å². The summed E-state index contributed by atoms with van der Waals surface area (Å²) in [7, 11) is 1.94. The summed E-state index contributed by atoms with van der Waals surface area (Å²) in [5, 5.41) is 8.23. The predicted octanol–water partition coefficient (Wildman–Crippen LogP) is 2.06. The molecule has 0 radical (unpaired) electrons. The molecule has 0 bridgehead atoms. The zero-order valence-electron chi connectivity index (χ0n) is 9.72. The second kappa shape index (κ2) is 5.18. The first-order valence-electron chi connectivity index (χ1n) is 5.28. The molecular formula is C11H13FN4S. The van der Waals surface area contributed by atoms with E-state index in [9.17, 15) is 4.39 Å². The van der Waals surface area contributed by atoms with Gasteiger partial charge in [0.05, 0.1) is 0 Å². The molecule has 0 unspecified atom stereocenters. The summed E-state index contributed by atoms with van der Waals surface area (Å²) in [6.07, 6.45) is 0.844. The lowest BCUT2D eigenvalue weighted by Crippen LogP contribution is -2.20. The zero-order valence-corrected chi connectivity index (χ0v) is 10.5. The van der Waals surface area contributed by atoms with Crippen molar-refractivity contribution in [3.63, 3.8) is 0 Å². The van der Waals surface area contributed by atoms with Crippen molar-refractivity contribution in [3.05, 3.63) is 35.1 Å². The van der Waals surface area contributed by atoms with Gasteiger partial charge >= 0.3 is 0 Å². The molecule has 0 aliphatic carbocycles. The average Bonchev–Trinajstić information content (AvgIpc) is 2.84. The highest BCUT2D eigenvalue weighted by molar-refractivity contribution is 7.09. The van der Waals surface area contributed by atoms with Crippen molar-refractivity contribution in [2.75, 3.05) is 18.5 Å². The molecule has 1 aromatic carbocycles. The van der Waals surface area contributed by atoms with Crippen LogP contribution in [0.3, 0.4) is 0 Å². The van der Waals surface area contributed by atoms with Gasteiger partial charge in [0.1, 0.15) is 5.82 Å². The normalized spacial score (nSPS) is 10.5. The van der Waals surface area contributed by atoms with Gasteiger partial charge in [0.2, 0.25) is 5.13 Å². The predicted molar refractivity (Wildman–Crippen MR) is 65.8 cm³/mol. The third kappa shape index (κ3) is 2.97. The van der Waals surface area contributed by atoms with Gasteiger partial charge in [-0.3, -0.25) is 0 Å². The van der Waals surface area contributed by atoms with Crippen LogP contribution in [0.25, 0.3) is 0 Å². The van der Waals surface area contributed by atoms with Crippen LogP contribution in [-0.4, -0.2) is 28.4 Å². The van der Waals surface area contributed by atoms with E-state index in [4.69, 9.17) is 0 Å². The zero-order chi connectivity index (χ0) is 12.3. The number of nitrogens with zero attached hydrogens (tertiary/aromatic N) is 4. The topological polar surface area (TPSA) is 41.9 Å². The minimum absolute atomic E-state index is 0.157. The number of benzene rings is 1. The van der Waals surface area contributed by atoms with E-state index in [1.54, 1.807) is 6.92 Å². The molecule has 2 aromatic rings. The number of aryl methyl sites for hydroxylation is 1. The lowest BCUT2D eigenvalue weighted by molar-refractivity contribution is 0.617. The fourth-order valence-corrected chi connectivity index (χ4v) is 1.98.